The molecule has 4 rings (SSSR count). The maximum absolute atomic E-state index is 12.5. The topological polar surface area (TPSA) is 90.6 Å². The van der Waals surface area contributed by atoms with Crippen LogP contribution >= 0.6 is 11.8 Å². The van der Waals surface area contributed by atoms with Crippen molar-refractivity contribution in [3.63, 3.8) is 0 Å². The molecule has 1 amide bonds. The minimum Gasteiger partial charge on any atom is -0.493 e. The van der Waals surface area contributed by atoms with E-state index in [1.165, 1.54) is 11.8 Å². The van der Waals surface area contributed by atoms with E-state index < -0.39 is 0 Å². The predicted molar refractivity (Wildman–Crippen MR) is 125 cm³/mol. The van der Waals surface area contributed by atoms with Crippen molar-refractivity contribution in [2.75, 3.05) is 25.3 Å². The first kappa shape index (κ1) is 21.6. The third kappa shape index (κ3) is 4.38. The van der Waals surface area contributed by atoms with Gasteiger partial charge in [-0.2, -0.15) is 9.61 Å². The van der Waals surface area contributed by atoms with Gasteiger partial charge in [-0.15, -0.1) is 10.2 Å². The van der Waals surface area contributed by atoms with E-state index in [1.54, 1.807) is 18.7 Å². The fraction of sp³-hybridized carbons (Fsp3) is 0.217. The summed E-state index contributed by atoms with van der Waals surface area (Å²) in [4.78, 5) is 12.5. The van der Waals surface area contributed by atoms with Gasteiger partial charge in [0.05, 0.1) is 20.0 Å². The van der Waals surface area contributed by atoms with Gasteiger partial charge in [0, 0.05) is 11.3 Å². The van der Waals surface area contributed by atoms with E-state index in [0.717, 1.165) is 22.4 Å². The molecule has 1 N–H and O–H groups in total. The number of aromatic nitrogens is 4. The second-order valence-corrected chi connectivity index (χ2v) is 8.11. The van der Waals surface area contributed by atoms with E-state index in [1.807, 2.05) is 62.4 Å². The van der Waals surface area contributed by atoms with Gasteiger partial charge in [-0.1, -0.05) is 23.9 Å². The number of ether oxygens (including phenoxy) is 2. The minimum absolute atomic E-state index is 0.0885. The Hall–Kier alpha value is -3.59. The first-order valence-electron chi connectivity index (χ1n) is 9.94. The number of thioether (sulfide) groups is 1. The number of rotatable bonds is 7. The third-order valence-electron chi connectivity index (χ3n) is 5.11. The summed E-state index contributed by atoms with van der Waals surface area (Å²) in [5, 5.41) is 16.7. The van der Waals surface area contributed by atoms with Crippen LogP contribution < -0.4 is 14.8 Å². The van der Waals surface area contributed by atoms with Crippen molar-refractivity contribution in [2.24, 2.45) is 0 Å². The van der Waals surface area contributed by atoms with Crippen LogP contribution in [0.15, 0.2) is 53.6 Å². The first-order valence-corrected chi connectivity index (χ1v) is 10.9. The number of benzene rings is 2. The summed E-state index contributed by atoms with van der Waals surface area (Å²) in [5.74, 6) is 1.94. The normalized spacial score (nSPS) is 10.9. The molecule has 0 unspecified atom stereocenters. The Labute approximate surface area is 190 Å². The van der Waals surface area contributed by atoms with Crippen LogP contribution in [-0.2, 0) is 4.79 Å². The van der Waals surface area contributed by atoms with Crippen LogP contribution in [0.2, 0.25) is 0 Å². The molecule has 0 saturated heterocycles. The fourth-order valence-electron chi connectivity index (χ4n) is 3.22. The zero-order valence-corrected chi connectivity index (χ0v) is 19.1. The third-order valence-corrected chi connectivity index (χ3v) is 6.03. The minimum atomic E-state index is -0.0885. The maximum atomic E-state index is 12.5. The largest absolute Gasteiger partial charge is 0.493 e. The lowest BCUT2D eigenvalue weighted by molar-refractivity contribution is -0.113. The van der Waals surface area contributed by atoms with Crippen molar-refractivity contribution < 1.29 is 14.3 Å². The number of hydrogen-bond donors (Lipinski definition) is 1. The van der Waals surface area contributed by atoms with Gasteiger partial charge in [-0.3, -0.25) is 4.79 Å². The maximum Gasteiger partial charge on any atom is 0.234 e. The molecule has 32 heavy (non-hydrogen) atoms. The quantitative estimate of drug-likeness (QED) is 0.424. The molecule has 0 aliphatic rings. The van der Waals surface area contributed by atoms with Gasteiger partial charge in [0.1, 0.15) is 5.03 Å². The molecule has 0 bridgehead atoms. The predicted octanol–water partition coefficient (Wildman–Crippen LogP) is 4.16. The molecule has 0 spiro atoms. The van der Waals surface area contributed by atoms with Crippen LogP contribution in [0, 0.1) is 13.8 Å². The zero-order chi connectivity index (χ0) is 22.7. The number of methoxy groups -OCH3 is 2. The van der Waals surface area contributed by atoms with E-state index in [-0.39, 0.29) is 11.7 Å². The number of nitrogens with one attached hydrogen (secondary N) is 1. The number of fused-ring (bicyclic) bond motifs is 1. The molecule has 0 atom stereocenters. The van der Waals surface area contributed by atoms with Crippen molar-refractivity contribution in [3.05, 3.63) is 59.7 Å². The molecule has 164 valence electrons. The van der Waals surface area contributed by atoms with Gasteiger partial charge in [-0.25, -0.2) is 0 Å². The number of anilines is 1. The summed E-state index contributed by atoms with van der Waals surface area (Å²) in [7, 11) is 3.17. The molecule has 0 saturated carbocycles. The number of carbonyl (C=O) groups excluding carboxylic acids is 1. The zero-order valence-electron chi connectivity index (χ0n) is 18.2. The second kappa shape index (κ2) is 9.27. The molecule has 0 fully saturated rings. The summed E-state index contributed by atoms with van der Waals surface area (Å²) in [6, 6.07) is 15.0. The van der Waals surface area contributed by atoms with Crippen LogP contribution in [0.4, 0.5) is 5.69 Å². The first-order chi connectivity index (χ1) is 15.5. The van der Waals surface area contributed by atoms with Crippen molar-refractivity contribution in [2.45, 2.75) is 18.9 Å². The summed E-state index contributed by atoms with van der Waals surface area (Å²) in [6.45, 7) is 4.02. The smallest absolute Gasteiger partial charge is 0.234 e. The number of hydrogen-bond acceptors (Lipinski definition) is 7. The van der Waals surface area contributed by atoms with Gasteiger partial charge in [-0.05, 0) is 61.4 Å². The summed E-state index contributed by atoms with van der Waals surface area (Å²) in [5.41, 5.74) is 4.43. The fourth-order valence-corrected chi connectivity index (χ4v) is 3.87. The number of carbonyl (C=O) groups is 1. The van der Waals surface area contributed by atoms with E-state index in [0.29, 0.717) is 28.0 Å². The van der Waals surface area contributed by atoms with E-state index >= 15 is 0 Å². The van der Waals surface area contributed by atoms with Crippen LogP contribution in [0.1, 0.15) is 11.1 Å². The molecular weight excluding hydrogens is 426 g/mol. The Morgan fingerprint density at radius 1 is 1.03 bits per heavy atom. The van der Waals surface area contributed by atoms with Crippen molar-refractivity contribution in [1.82, 2.24) is 19.8 Å². The highest BCUT2D eigenvalue weighted by Crippen LogP contribution is 2.31. The molecular formula is C23H23N5O3S. The standard InChI is InChI=1S/C23H23N5O3S/c1-14-6-5-7-17(15(14)2)24-21(29)13-32-22-11-10-20-25-26-23(28(20)27-22)16-8-9-18(30-3)19(12-16)31-4/h5-12H,13H2,1-4H3,(H,24,29). The average molecular weight is 450 g/mol. The highest BCUT2D eigenvalue weighted by Gasteiger charge is 2.14. The van der Waals surface area contributed by atoms with Crippen LogP contribution in [-0.4, -0.2) is 45.7 Å². The van der Waals surface area contributed by atoms with Gasteiger partial charge < -0.3 is 14.8 Å². The Bertz CT molecular complexity index is 1290. The average Bonchev–Trinajstić information content (AvgIpc) is 3.23. The van der Waals surface area contributed by atoms with Gasteiger partial charge in [0.15, 0.2) is 23.0 Å². The van der Waals surface area contributed by atoms with E-state index in [4.69, 9.17) is 9.47 Å². The van der Waals surface area contributed by atoms with E-state index in [2.05, 4.69) is 20.6 Å². The highest BCUT2D eigenvalue weighted by molar-refractivity contribution is 7.99. The molecule has 2 aromatic carbocycles. The Morgan fingerprint density at radius 2 is 1.84 bits per heavy atom. The molecule has 0 aliphatic carbocycles. The summed E-state index contributed by atoms with van der Waals surface area (Å²) >= 11 is 1.35. The summed E-state index contributed by atoms with van der Waals surface area (Å²) < 4.78 is 12.3. The van der Waals surface area contributed by atoms with Crippen LogP contribution in [0.5, 0.6) is 11.5 Å². The van der Waals surface area contributed by atoms with Gasteiger partial charge >= 0.3 is 0 Å². The van der Waals surface area contributed by atoms with Gasteiger partial charge in [0.25, 0.3) is 0 Å². The van der Waals surface area contributed by atoms with E-state index in [9.17, 15) is 4.79 Å². The van der Waals surface area contributed by atoms with Crippen molar-refractivity contribution >= 4 is 29.0 Å². The molecule has 2 aromatic heterocycles. The molecule has 0 radical (unpaired) electrons. The molecule has 2 heterocycles. The lowest BCUT2D eigenvalue weighted by Crippen LogP contribution is -2.15. The Balaban J connectivity index is 1.53. The highest BCUT2D eigenvalue weighted by atomic mass is 32.2. The van der Waals surface area contributed by atoms with Crippen molar-refractivity contribution in [3.8, 4) is 22.9 Å². The Kier molecular flexibility index (Phi) is 6.27. The number of amides is 1. The van der Waals surface area contributed by atoms with Crippen LogP contribution in [0.3, 0.4) is 0 Å². The lowest BCUT2D eigenvalue weighted by atomic mass is 10.1. The number of aryl methyl sites for hydroxylation is 1. The molecule has 0 aliphatic heterocycles. The van der Waals surface area contributed by atoms with Gasteiger partial charge in [0.2, 0.25) is 5.91 Å². The monoisotopic (exact) mass is 449 g/mol. The molecule has 8 nitrogen and oxygen atoms in total. The summed E-state index contributed by atoms with van der Waals surface area (Å²) in [6.07, 6.45) is 0. The number of nitrogens with zero attached hydrogens (tertiary/aromatic N) is 4. The lowest BCUT2D eigenvalue weighted by Gasteiger charge is -2.10. The molecule has 4 aromatic rings. The molecule has 9 heteroatoms. The van der Waals surface area contributed by atoms with Crippen molar-refractivity contribution in [1.29, 1.82) is 0 Å². The second-order valence-electron chi connectivity index (χ2n) is 7.12. The SMILES string of the molecule is COc1ccc(-c2nnc3ccc(SCC(=O)Nc4cccc(C)c4C)nn23)cc1OC. The van der Waals surface area contributed by atoms with Crippen LogP contribution in [0.25, 0.3) is 17.0 Å². The Morgan fingerprint density at radius 3 is 2.62 bits per heavy atom.